The van der Waals surface area contributed by atoms with Crippen molar-refractivity contribution in [2.45, 2.75) is 73.0 Å². The largest absolute Gasteiger partial charge is 0.484 e. The van der Waals surface area contributed by atoms with Crippen LogP contribution in [0.1, 0.15) is 56.4 Å². The smallest absolute Gasteiger partial charge is 0.261 e. The number of amides is 2. The highest BCUT2D eigenvalue weighted by Gasteiger charge is 2.30. The fourth-order valence-corrected chi connectivity index (χ4v) is 3.62. The van der Waals surface area contributed by atoms with Gasteiger partial charge in [0.25, 0.3) is 5.91 Å². The molecule has 0 aliphatic rings. The summed E-state index contributed by atoms with van der Waals surface area (Å²) in [7, 11) is 0. The monoisotopic (exact) mass is 424 g/mol. The highest BCUT2D eigenvalue weighted by Crippen LogP contribution is 2.18. The molecule has 0 aromatic heterocycles. The molecule has 2 amide bonds. The van der Waals surface area contributed by atoms with E-state index in [1.165, 1.54) is 0 Å². The van der Waals surface area contributed by atoms with Gasteiger partial charge in [0.05, 0.1) is 0 Å². The molecule has 1 atom stereocenters. The first-order valence-corrected chi connectivity index (χ1v) is 10.9. The Balaban J connectivity index is 2.26. The molecule has 31 heavy (non-hydrogen) atoms. The van der Waals surface area contributed by atoms with Crippen molar-refractivity contribution in [1.29, 1.82) is 0 Å². The van der Waals surface area contributed by atoms with E-state index in [-0.39, 0.29) is 24.0 Å². The van der Waals surface area contributed by atoms with Crippen LogP contribution >= 0.6 is 0 Å². The van der Waals surface area contributed by atoms with E-state index in [2.05, 4.69) is 11.4 Å². The summed E-state index contributed by atoms with van der Waals surface area (Å²) >= 11 is 0. The van der Waals surface area contributed by atoms with Crippen LogP contribution in [-0.4, -0.2) is 34.9 Å². The van der Waals surface area contributed by atoms with Crippen LogP contribution in [-0.2, 0) is 16.1 Å². The van der Waals surface area contributed by atoms with Gasteiger partial charge in [0.1, 0.15) is 11.8 Å². The lowest BCUT2D eigenvalue weighted by Crippen LogP contribution is -2.54. The number of aryl methyl sites for hydroxylation is 3. The van der Waals surface area contributed by atoms with Gasteiger partial charge in [-0.05, 0) is 76.8 Å². The molecule has 0 fully saturated rings. The standard InChI is InChI=1S/C26H36N2O3/c1-8-23(25(30)27-26(5,6)7)28(16-21-11-9-10-18(2)13-21)24(29)17-31-22-14-19(3)12-20(4)15-22/h9-15,23H,8,16-17H2,1-7H3,(H,27,30). The van der Waals surface area contributed by atoms with Crippen LogP contribution in [0.3, 0.4) is 0 Å². The fraction of sp³-hybridized carbons (Fsp3) is 0.462. The van der Waals surface area contributed by atoms with Gasteiger partial charge in [-0.2, -0.15) is 0 Å². The number of benzene rings is 2. The summed E-state index contributed by atoms with van der Waals surface area (Å²) in [6.45, 7) is 14.0. The number of hydrogen-bond donors (Lipinski definition) is 1. The third-order valence-corrected chi connectivity index (χ3v) is 4.88. The van der Waals surface area contributed by atoms with Crippen molar-refractivity contribution in [3.8, 4) is 5.75 Å². The Hall–Kier alpha value is -2.82. The molecule has 0 bridgehead atoms. The minimum Gasteiger partial charge on any atom is -0.484 e. The molecule has 5 nitrogen and oxygen atoms in total. The van der Waals surface area contributed by atoms with Crippen LogP contribution in [0, 0.1) is 20.8 Å². The van der Waals surface area contributed by atoms with Gasteiger partial charge in [0.15, 0.2) is 6.61 Å². The molecule has 0 heterocycles. The lowest BCUT2D eigenvalue weighted by Gasteiger charge is -2.33. The number of carbonyl (C=O) groups excluding carboxylic acids is 2. The number of nitrogens with zero attached hydrogens (tertiary/aromatic N) is 1. The van der Waals surface area contributed by atoms with E-state index in [4.69, 9.17) is 4.74 Å². The SMILES string of the molecule is CCC(C(=O)NC(C)(C)C)N(Cc1cccc(C)c1)C(=O)COc1cc(C)cc(C)c1. The summed E-state index contributed by atoms with van der Waals surface area (Å²) in [5, 5.41) is 3.02. The van der Waals surface area contributed by atoms with Crippen LogP contribution in [0.2, 0.25) is 0 Å². The molecule has 0 spiro atoms. The molecular formula is C26H36N2O3. The molecule has 0 aliphatic heterocycles. The number of rotatable bonds is 8. The van der Waals surface area contributed by atoms with Crippen LogP contribution in [0.4, 0.5) is 0 Å². The zero-order valence-electron chi connectivity index (χ0n) is 19.9. The van der Waals surface area contributed by atoms with E-state index < -0.39 is 6.04 Å². The van der Waals surface area contributed by atoms with Crippen LogP contribution in [0.5, 0.6) is 5.75 Å². The Morgan fingerprint density at radius 3 is 2.19 bits per heavy atom. The first kappa shape index (κ1) is 24.4. The molecule has 0 saturated carbocycles. The second kappa shape index (κ2) is 10.5. The minimum atomic E-state index is -0.574. The number of hydrogen-bond acceptors (Lipinski definition) is 3. The van der Waals surface area contributed by atoms with E-state index >= 15 is 0 Å². The van der Waals surface area contributed by atoms with Gasteiger partial charge in [-0.3, -0.25) is 9.59 Å². The van der Waals surface area contributed by atoms with Crippen LogP contribution in [0.15, 0.2) is 42.5 Å². The van der Waals surface area contributed by atoms with Crippen molar-refractivity contribution in [2.24, 2.45) is 0 Å². The third-order valence-electron chi connectivity index (χ3n) is 4.88. The summed E-state index contributed by atoms with van der Waals surface area (Å²) in [5.41, 5.74) is 3.88. The minimum absolute atomic E-state index is 0.117. The molecule has 5 heteroatoms. The zero-order valence-corrected chi connectivity index (χ0v) is 19.9. The van der Waals surface area contributed by atoms with E-state index in [1.807, 2.05) is 84.9 Å². The van der Waals surface area contributed by atoms with E-state index in [9.17, 15) is 9.59 Å². The Labute approximate surface area is 186 Å². The number of carbonyl (C=O) groups is 2. The number of ether oxygens (including phenoxy) is 1. The van der Waals surface area contributed by atoms with Crippen molar-refractivity contribution in [1.82, 2.24) is 10.2 Å². The van der Waals surface area contributed by atoms with Gasteiger partial charge in [0, 0.05) is 12.1 Å². The Morgan fingerprint density at radius 1 is 1.00 bits per heavy atom. The summed E-state index contributed by atoms with van der Waals surface area (Å²) in [5.74, 6) is 0.299. The summed E-state index contributed by atoms with van der Waals surface area (Å²) in [6.07, 6.45) is 0.517. The molecular weight excluding hydrogens is 388 g/mol. The summed E-state index contributed by atoms with van der Waals surface area (Å²) < 4.78 is 5.82. The molecule has 0 saturated heterocycles. The lowest BCUT2D eigenvalue weighted by atomic mass is 10.1. The number of nitrogens with one attached hydrogen (secondary N) is 1. The predicted molar refractivity (Wildman–Crippen MR) is 125 cm³/mol. The fourth-order valence-electron chi connectivity index (χ4n) is 3.62. The topological polar surface area (TPSA) is 58.6 Å². The van der Waals surface area contributed by atoms with Crippen LogP contribution < -0.4 is 10.1 Å². The Morgan fingerprint density at radius 2 is 1.65 bits per heavy atom. The zero-order chi connectivity index (χ0) is 23.2. The maximum atomic E-state index is 13.3. The van der Waals surface area contributed by atoms with Crippen molar-refractivity contribution in [3.05, 3.63) is 64.7 Å². The normalized spacial score (nSPS) is 12.2. The van der Waals surface area contributed by atoms with Crippen molar-refractivity contribution >= 4 is 11.8 Å². The van der Waals surface area contributed by atoms with Crippen molar-refractivity contribution in [2.75, 3.05) is 6.61 Å². The molecule has 0 radical (unpaired) electrons. The van der Waals surface area contributed by atoms with Gasteiger partial charge in [-0.25, -0.2) is 0 Å². The molecule has 168 valence electrons. The molecule has 1 N–H and O–H groups in total. The van der Waals surface area contributed by atoms with Gasteiger partial charge < -0.3 is 15.0 Å². The van der Waals surface area contributed by atoms with Gasteiger partial charge in [0.2, 0.25) is 5.91 Å². The van der Waals surface area contributed by atoms with E-state index in [0.717, 1.165) is 22.3 Å². The first-order valence-electron chi connectivity index (χ1n) is 10.9. The second-order valence-electron chi connectivity index (χ2n) is 9.29. The third kappa shape index (κ3) is 7.74. The highest BCUT2D eigenvalue weighted by molar-refractivity contribution is 5.88. The summed E-state index contributed by atoms with van der Waals surface area (Å²) in [4.78, 5) is 27.9. The van der Waals surface area contributed by atoms with E-state index in [0.29, 0.717) is 18.7 Å². The van der Waals surface area contributed by atoms with Crippen molar-refractivity contribution < 1.29 is 14.3 Å². The maximum absolute atomic E-state index is 13.3. The summed E-state index contributed by atoms with van der Waals surface area (Å²) in [6, 6.07) is 13.3. The first-order chi connectivity index (χ1) is 14.5. The second-order valence-corrected chi connectivity index (χ2v) is 9.29. The van der Waals surface area contributed by atoms with Crippen molar-refractivity contribution in [3.63, 3.8) is 0 Å². The van der Waals surface area contributed by atoms with Gasteiger partial charge in [-0.15, -0.1) is 0 Å². The van der Waals surface area contributed by atoms with Gasteiger partial charge in [-0.1, -0.05) is 42.8 Å². The highest BCUT2D eigenvalue weighted by atomic mass is 16.5. The molecule has 0 aliphatic carbocycles. The predicted octanol–water partition coefficient (Wildman–Crippen LogP) is 4.71. The maximum Gasteiger partial charge on any atom is 0.261 e. The lowest BCUT2D eigenvalue weighted by molar-refractivity contribution is -0.143. The van der Waals surface area contributed by atoms with Crippen LogP contribution in [0.25, 0.3) is 0 Å². The Kier molecular flexibility index (Phi) is 8.26. The van der Waals surface area contributed by atoms with Gasteiger partial charge >= 0.3 is 0 Å². The van der Waals surface area contributed by atoms with E-state index in [1.54, 1.807) is 4.90 Å². The average Bonchev–Trinajstić information content (AvgIpc) is 2.64. The average molecular weight is 425 g/mol. The molecule has 2 aromatic rings. The molecule has 2 aromatic carbocycles. The molecule has 2 rings (SSSR count). The quantitative estimate of drug-likeness (QED) is 0.667. The molecule has 1 unspecified atom stereocenters. The Bertz CT molecular complexity index is 895.